The van der Waals surface area contributed by atoms with Gasteiger partial charge in [0.2, 0.25) is 10.0 Å². The van der Waals surface area contributed by atoms with E-state index in [4.69, 9.17) is 0 Å². The number of aromatic nitrogens is 1. The molecule has 1 N–H and O–H groups in total. The summed E-state index contributed by atoms with van der Waals surface area (Å²) in [5.41, 5.74) is 1.24. The molecule has 1 unspecified atom stereocenters. The third-order valence-electron chi connectivity index (χ3n) is 5.82. The second kappa shape index (κ2) is 7.86. The van der Waals surface area contributed by atoms with Gasteiger partial charge in [0.05, 0.1) is 11.1 Å². The Morgan fingerprint density at radius 3 is 2.44 bits per heavy atom. The Morgan fingerprint density at radius 2 is 1.78 bits per heavy atom. The maximum Gasteiger partial charge on any atom is 0.418 e. The average molecular weight is 459 g/mol. The number of hydrogen-bond acceptors (Lipinski definition) is 3. The Kier molecular flexibility index (Phi) is 5.46. The lowest BCUT2D eigenvalue weighted by molar-refractivity contribution is -0.136. The summed E-state index contributed by atoms with van der Waals surface area (Å²) in [6.07, 6.45) is 1.79. The van der Waals surface area contributed by atoms with E-state index in [0.717, 1.165) is 17.2 Å². The number of allylic oxidation sites excluding steroid dienone is 3. The molecule has 32 heavy (non-hydrogen) atoms. The molecule has 4 rings (SSSR count). The lowest BCUT2D eigenvalue weighted by Crippen LogP contribution is -2.43. The zero-order chi connectivity index (χ0) is 23.1. The maximum atomic E-state index is 13.7. The van der Waals surface area contributed by atoms with Crippen molar-refractivity contribution in [2.75, 3.05) is 7.05 Å². The molecule has 4 nitrogen and oxygen atoms in total. The fourth-order valence-electron chi connectivity index (χ4n) is 4.36. The van der Waals surface area contributed by atoms with E-state index in [0.29, 0.717) is 11.1 Å². The minimum absolute atomic E-state index is 0.0624. The average Bonchev–Trinajstić information content (AvgIpc) is 2.78. The molecule has 2 aromatic carbocycles. The topological polar surface area (TPSA) is 59.1 Å². The van der Waals surface area contributed by atoms with Gasteiger partial charge in [0.15, 0.2) is 0 Å². The van der Waals surface area contributed by atoms with Crippen molar-refractivity contribution in [1.82, 2.24) is 9.71 Å². The van der Waals surface area contributed by atoms with Gasteiger partial charge in [-0.05, 0) is 42.3 Å². The smallest absolute Gasteiger partial charge is 0.255 e. The number of benzene rings is 2. The summed E-state index contributed by atoms with van der Waals surface area (Å²) < 4.78 is 68.8. The first-order valence-corrected chi connectivity index (χ1v) is 11.4. The number of alkyl halides is 3. The number of halogens is 3. The number of sulfonamides is 1. The van der Waals surface area contributed by atoms with Crippen LogP contribution in [0.15, 0.2) is 73.0 Å². The first-order valence-electron chi connectivity index (χ1n) is 9.93. The SMILES string of the molecule is CNS(=O)(=O)C1(c2c(C)cnc3c(C(F)(F)F)cccc23)C=CC=C(c2ccccc2)C1. The Morgan fingerprint density at radius 1 is 1.06 bits per heavy atom. The van der Waals surface area contributed by atoms with Crippen LogP contribution in [0.1, 0.15) is 28.7 Å². The molecular weight excluding hydrogens is 437 g/mol. The van der Waals surface area contributed by atoms with Gasteiger partial charge in [0, 0.05) is 18.0 Å². The second-order valence-electron chi connectivity index (χ2n) is 7.71. The van der Waals surface area contributed by atoms with E-state index in [1.165, 1.54) is 25.4 Å². The van der Waals surface area contributed by atoms with Crippen molar-refractivity contribution in [3.63, 3.8) is 0 Å². The van der Waals surface area contributed by atoms with E-state index in [2.05, 4.69) is 9.71 Å². The fourth-order valence-corrected chi connectivity index (χ4v) is 5.86. The quantitative estimate of drug-likeness (QED) is 0.573. The van der Waals surface area contributed by atoms with Gasteiger partial charge < -0.3 is 0 Å². The largest absolute Gasteiger partial charge is 0.418 e. The third-order valence-corrected chi connectivity index (χ3v) is 7.81. The first-order chi connectivity index (χ1) is 15.1. The third kappa shape index (κ3) is 3.53. The summed E-state index contributed by atoms with van der Waals surface area (Å²) in [6.45, 7) is 1.67. The van der Waals surface area contributed by atoms with E-state index < -0.39 is 26.5 Å². The summed E-state index contributed by atoms with van der Waals surface area (Å²) in [5.74, 6) is 0. The van der Waals surface area contributed by atoms with Crippen molar-refractivity contribution in [2.24, 2.45) is 0 Å². The number of pyridine rings is 1. The molecule has 8 heteroatoms. The molecule has 0 saturated carbocycles. The molecule has 0 amide bonds. The molecule has 0 fully saturated rings. The Labute approximate surface area is 184 Å². The predicted molar refractivity (Wildman–Crippen MR) is 119 cm³/mol. The van der Waals surface area contributed by atoms with Crippen LogP contribution in [0, 0.1) is 6.92 Å². The molecule has 166 valence electrons. The van der Waals surface area contributed by atoms with Gasteiger partial charge in [0.25, 0.3) is 0 Å². The van der Waals surface area contributed by atoms with E-state index in [-0.39, 0.29) is 17.3 Å². The highest BCUT2D eigenvalue weighted by molar-refractivity contribution is 7.90. The molecule has 0 bridgehead atoms. The number of para-hydroxylation sites is 1. The molecule has 1 aliphatic carbocycles. The van der Waals surface area contributed by atoms with Gasteiger partial charge in [-0.15, -0.1) is 0 Å². The molecule has 3 aromatic rings. The molecule has 1 heterocycles. The Balaban J connectivity index is 2.05. The van der Waals surface area contributed by atoms with Crippen LogP contribution in [-0.2, 0) is 20.9 Å². The number of nitrogens with one attached hydrogen (secondary N) is 1. The van der Waals surface area contributed by atoms with Crippen molar-refractivity contribution in [3.05, 3.63) is 95.2 Å². The van der Waals surface area contributed by atoms with Crippen molar-refractivity contribution in [2.45, 2.75) is 24.3 Å². The van der Waals surface area contributed by atoms with Gasteiger partial charge >= 0.3 is 6.18 Å². The summed E-state index contributed by atoms with van der Waals surface area (Å²) >= 11 is 0. The number of fused-ring (bicyclic) bond motifs is 1. The van der Waals surface area contributed by atoms with Crippen LogP contribution in [0.25, 0.3) is 16.5 Å². The van der Waals surface area contributed by atoms with E-state index in [1.807, 2.05) is 36.4 Å². The number of aryl methyl sites for hydroxylation is 1. The van der Waals surface area contributed by atoms with Crippen LogP contribution in [0.2, 0.25) is 0 Å². The van der Waals surface area contributed by atoms with Crippen molar-refractivity contribution in [1.29, 1.82) is 0 Å². The zero-order valence-corrected chi connectivity index (χ0v) is 18.3. The van der Waals surface area contributed by atoms with Crippen molar-refractivity contribution >= 4 is 26.5 Å². The molecule has 0 spiro atoms. The highest BCUT2D eigenvalue weighted by atomic mass is 32.2. The summed E-state index contributed by atoms with van der Waals surface area (Å²) in [5, 5.41) is 0.164. The molecule has 1 aromatic heterocycles. The molecule has 0 radical (unpaired) electrons. The van der Waals surface area contributed by atoms with Gasteiger partial charge in [-0.25, -0.2) is 13.1 Å². The summed E-state index contributed by atoms with van der Waals surface area (Å²) in [4.78, 5) is 4.04. The molecule has 1 atom stereocenters. The van der Waals surface area contributed by atoms with E-state index in [1.54, 1.807) is 19.1 Å². The minimum atomic E-state index is -4.62. The van der Waals surface area contributed by atoms with Crippen LogP contribution >= 0.6 is 0 Å². The summed E-state index contributed by atoms with van der Waals surface area (Å²) in [6, 6.07) is 13.1. The van der Waals surface area contributed by atoms with Crippen LogP contribution in [0.5, 0.6) is 0 Å². The lowest BCUT2D eigenvalue weighted by Gasteiger charge is -2.35. The molecule has 0 aliphatic heterocycles. The standard InChI is InChI=1S/C24H21F3N2O2S/c1-16-15-29-22-19(11-6-12-20(22)24(25,26)27)21(16)23(32(30,31)28-2)13-7-10-18(14-23)17-8-4-3-5-9-17/h3-13,15,28H,14H2,1-2H3. The van der Waals surface area contributed by atoms with Crippen molar-refractivity contribution in [3.8, 4) is 0 Å². The Bertz CT molecular complexity index is 1350. The van der Waals surface area contributed by atoms with Crippen LogP contribution in [0.4, 0.5) is 13.2 Å². The fraction of sp³-hybridized carbons (Fsp3) is 0.208. The monoisotopic (exact) mass is 458 g/mol. The number of rotatable bonds is 4. The maximum absolute atomic E-state index is 13.7. The highest BCUT2D eigenvalue weighted by Gasteiger charge is 2.47. The Hall–Kier alpha value is -2.97. The zero-order valence-electron chi connectivity index (χ0n) is 17.4. The van der Waals surface area contributed by atoms with Gasteiger partial charge in [-0.3, -0.25) is 4.98 Å². The second-order valence-corrected chi connectivity index (χ2v) is 9.85. The van der Waals surface area contributed by atoms with Crippen molar-refractivity contribution < 1.29 is 21.6 Å². The lowest BCUT2D eigenvalue weighted by atomic mass is 9.81. The molecular formula is C24H21F3N2O2S. The molecule has 0 saturated heterocycles. The van der Waals surface area contributed by atoms with Gasteiger partial charge in [0.1, 0.15) is 4.75 Å². The van der Waals surface area contributed by atoms with Gasteiger partial charge in [-0.2, -0.15) is 13.2 Å². The van der Waals surface area contributed by atoms with E-state index >= 15 is 0 Å². The summed E-state index contributed by atoms with van der Waals surface area (Å²) in [7, 11) is -2.71. The number of hydrogen-bond donors (Lipinski definition) is 1. The minimum Gasteiger partial charge on any atom is -0.255 e. The van der Waals surface area contributed by atoms with Crippen LogP contribution in [0.3, 0.4) is 0 Å². The highest BCUT2D eigenvalue weighted by Crippen LogP contribution is 2.47. The van der Waals surface area contributed by atoms with Crippen LogP contribution in [-0.4, -0.2) is 20.4 Å². The van der Waals surface area contributed by atoms with Gasteiger partial charge in [-0.1, -0.05) is 60.7 Å². The predicted octanol–water partition coefficient (Wildman–Crippen LogP) is 5.35. The van der Waals surface area contributed by atoms with E-state index in [9.17, 15) is 21.6 Å². The first kappa shape index (κ1) is 22.2. The van der Waals surface area contributed by atoms with Crippen LogP contribution < -0.4 is 4.72 Å². The normalized spacial score (nSPS) is 19.2. The number of nitrogens with zero attached hydrogens (tertiary/aromatic N) is 1. The molecule has 1 aliphatic rings.